The van der Waals surface area contributed by atoms with Gasteiger partial charge in [0.25, 0.3) is 11.7 Å². The standard InChI is InChI=1S/C31H29ClN2O4/c1-18(2)19-4-6-20(7-5-19)28-27(29(35)21-8-10-23(32)11-9-21)30(36)31(37)34(28)15-14-22-17-33-26-13-12-24(38-3)16-25(22)26/h4-13,16-18,28,33,35H,14-15H2,1-3H3/t28-/m0/s1. The number of ether oxygens (including phenoxy) is 1. The van der Waals surface area contributed by atoms with Crippen LogP contribution < -0.4 is 4.74 Å². The first kappa shape index (κ1) is 25.6. The lowest BCUT2D eigenvalue weighted by molar-refractivity contribution is -0.139. The van der Waals surface area contributed by atoms with Crippen molar-refractivity contribution in [2.24, 2.45) is 0 Å². The predicted molar refractivity (Wildman–Crippen MR) is 150 cm³/mol. The number of H-pyrrole nitrogens is 1. The predicted octanol–water partition coefficient (Wildman–Crippen LogP) is 6.62. The number of aliphatic hydroxyl groups excluding tert-OH is 1. The van der Waals surface area contributed by atoms with E-state index in [2.05, 4.69) is 18.8 Å². The Morgan fingerprint density at radius 3 is 2.42 bits per heavy atom. The average Bonchev–Trinajstić information content (AvgIpc) is 3.44. The molecule has 5 rings (SSSR count). The maximum atomic E-state index is 13.4. The van der Waals surface area contributed by atoms with E-state index in [4.69, 9.17) is 16.3 Å². The number of halogens is 1. The zero-order chi connectivity index (χ0) is 27.0. The van der Waals surface area contributed by atoms with Crippen molar-refractivity contribution in [1.82, 2.24) is 9.88 Å². The molecule has 2 heterocycles. The van der Waals surface area contributed by atoms with Crippen molar-refractivity contribution in [3.05, 3.63) is 106 Å². The second-order valence-electron chi connectivity index (χ2n) is 9.80. The van der Waals surface area contributed by atoms with Crippen LogP contribution in [0.1, 0.15) is 48.1 Å². The van der Waals surface area contributed by atoms with E-state index < -0.39 is 17.7 Å². The number of nitrogens with one attached hydrogen (secondary N) is 1. The topological polar surface area (TPSA) is 82.6 Å². The molecule has 0 bridgehead atoms. The average molecular weight is 529 g/mol. The Bertz CT molecular complexity index is 1530. The summed E-state index contributed by atoms with van der Waals surface area (Å²) in [7, 11) is 1.62. The lowest BCUT2D eigenvalue weighted by Crippen LogP contribution is -2.31. The van der Waals surface area contributed by atoms with Gasteiger partial charge >= 0.3 is 0 Å². The van der Waals surface area contributed by atoms with E-state index in [0.717, 1.165) is 33.3 Å². The van der Waals surface area contributed by atoms with Crippen LogP contribution in [0.3, 0.4) is 0 Å². The van der Waals surface area contributed by atoms with Crippen molar-refractivity contribution in [2.45, 2.75) is 32.2 Å². The molecule has 0 saturated carbocycles. The maximum Gasteiger partial charge on any atom is 0.295 e. The van der Waals surface area contributed by atoms with Gasteiger partial charge in [0.2, 0.25) is 0 Å². The summed E-state index contributed by atoms with van der Waals surface area (Å²) in [4.78, 5) is 31.6. The molecule has 1 fully saturated rings. The number of carbonyl (C=O) groups excluding carboxylic acids is 2. The van der Waals surface area contributed by atoms with Gasteiger partial charge in [-0.15, -0.1) is 0 Å². The number of fused-ring (bicyclic) bond motifs is 1. The van der Waals surface area contributed by atoms with E-state index in [0.29, 0.717) is 29.5 Å². The summed E-state index contributed by atoms with van der Waals surface area (Å²) in [5.74, 6) is -0.459. The molecule has 1 aliphatic rings. The van der Waals surface area contributed by atoms with Crippen LogP contribution in [0.5, 0.6) is 5.75 Å². The molecular weight excluding hydrogens is 500 g/mol. The zero-order valence-corrected chi connectivity index (χ0v) is 22.3. The summed E-state index contributed by atoms with van der Waals surface area (Å²) >= 11 is 6.03. The third-order valence-electron chi connectivity index (χ3n) is 7.17. The van der Waals surface area contributed by atoms with Crippen molar-refractivity contribution in [3.63, 3.8) is 0 Å². The van der Waals surface area contributed by atoms with Gasteiger partial charge in [-0.1, -0.05) is 49.7 Å². The van der Waals surface area contributed by atoms with Gasteiger partial charge in [-0.25, -0.2) is 0 Å². The minimum Gasteiger partial charge on any atom is -0.507 e. The van der Waals surface area contributed by atoms with Crippen LogP contribution in [-0.4, -0.2) is 40.3 Å². The first-order valence-corrected chi connectivity index (χ1v) is 12.9. The lowest BCUT2D eigenvalue weighted by atomic mass is 9.93. The number of amides is 1. The highest BCUT2D eigenvalue weighted by molar-refractivity contribution is 6.46. The van der Waals surface area contributed by atoms with Gasteiger partial charge in [0, 0.05) is 34.2 Å². The van der Waals surface area contributed by atoms with Crippen LogP contribution in [0.15, 0.2) is 78.5 Å². The largest absolute Gasteiger partial charge is 0.507 e. The van der Waals surface area contributed by atoms with Gasteiger partial charge in [0.05, 0.1) is 18.7 Å². The fraction of sp³-hybridized carbons (Fsp3) is 0.226. The number of Topliss-reactive ketones (excluding diaryl/α,β-unsaturated/α-hetero) is 1. The minimum atomic E-state index is -0.716. The SMILES string of the molecule is COc1ccc2[nH]cc(CCN3C(=O)C(=O)C(=C(O)c4ccc(Cl)cc4)[C@@H]3c3ccc(C(C)C)cc3)c2c1. The fourth-order valence-corrected chi connectivity index (χ4v) is 5.14. The number of methoxy groups -OCH3 is 1. The van der Waals surface area contributed by atoms with E-state index in [1.807, 2.05) is 48.7 Å². The maximum absolute atomic E-state index is 13.4. The number of carbonyl (C=O) groups is 2. The lowest BCUT2D eigenvalue weighted by Gasteiger charge is -2.25. The minimum absolute atomic E-state index is 0.0789. The number of nitrogens with zero attached hydrogens (tertiary/aromatic N) is 1. The van der Waals surface area contributed by atoms with E-state index >= 15 is 0 Å². The second-order valence-corrected chi connectivity index (χ2v) is 10.2. The van der Waals surface area contributed by atoms with Crippen molar-refractivity contribution in [3.8, 4) is 5.75 Å². The molecule has 38 heavy (non-hydrogen) atoms. The van der Waals surface area contributed by atoms with Crippen LogP contribution in [0.25, 0.3) is 16.7 Å². The van der Waals surface area contributed by atoms with E-state index in [1.54, 1.807) is 36.3 Å². The Morgan fingerprint density at radius 2 is 1.76 bits per heavy atom. The molecular formula is C31H29ClN2O4. The number of hydrogen-bond donors (Lipinski definition) is 2. The number of aromatic nitrogens is 1. The van der Waals surface area contributed by atoms with Crippen molar-refractivity contribution in [1.29, 1.82) is 0 Å². The molecule has 4 aromatic rings. The number of aromatic amines is 1. The summed E-state index contributed by atoms with van der Waals surface area (Å²) < 4.78 is 5.38. The first-order chi connectivity index (χ1) is 18.3. The highest BCUT2D eigenvalue weighted by Crippen LogP contribution is 2.40. The Kier molecular flexibility index (Phi) is 7.00. The number of hydrogen-bond acceptors (Lipinski definition) is 4. The molecule has 2 N–H and O–H groups in total. The summed E-state index contributed by atoms with van der Waals surface area (Å²) in [6.07, 6.45) is 2.43. The number of aliphatic hydroxyl groups is 1. The Hall–Kier alpha value is -4.03. The highest BCUT2D eigenvalue weighted by Gasteiger charge is 2.45. The summed E-state index contributed by atoms with van der Waals surface area (Å²) in [5, 5.41) is 12.8. The Balaban J connectivity index is 1.55. The molecule has 0 aliphatic carbocycles. The quantitative estimate of drug-likeness (QED) is 0.160. The smallest absolute Gasteiger partial charge is 0.295 e. The van der Waals surface area contributed by atoms with Gasteiger partial charge in [-0.3, -0.25) is 9.59 Å². The second kappa shape index (κ2) is 10.4. The van der Waals surface area contributed by atoms with Gasteiger partial charge in [-0.2, -0.15) is 0 Å². The van der Waals surface area contributed by atoms with Crippen LogP contribution in [0.2, 0.25) is 5.02 Å². The number of benzene rings is 3. The molecule has 7 heteroatoms. The van der Waals surface area contributed by atoms with Gasteiger partial charge in [0.1, 0.15) is 11.5 Å². The molecule has 1 aliphatic heterocycles. The molecule has 1 aromatic heterocycles. The summed E-state index contributed by atoms with van der Waals surface area (Å²) in [5.41, 5.74) is 4.40. The molecule has 0 unspecified atom stereocenters. The monoisotopic (exact) mass is 528 g/mol. The molecule has 0 radical (unpaired) electrons. The fourth-order valence-electron chi connectivity index (χ4n) is 5.02. The summed E-state index contributed by atoms with van der Waals surface area (Å²) in [6.45, 7) is 4.51. The van der Waals surface area contributed by atoms with Crippen LogP contribution >= 0.6 is 11.6 Å². The summed E-state index contributed by atoms with van der Waals surface area (Å²) in [6, 6.07) is 19.5. The number of rotatable bonds is 7. The van der Waals surface area contributed by atoms with Gasteiger partial charge in [-0.05, 0) is 71.5 Å². The Labute approximate surface area is 226 Å². The normalized spacial score (nSPS) is 17.1. The van der Waals surface area contributed by atoms with Crippen LogP contribution in [0.4, 0.5) is 0 Å². The van der Waals surface area contributed by atoms with Gasteiger partial charge in [0.15, 0.2) is 0 Å². The number of ketones is 1. The van der Waals surface area contributed by atoms with Gasteiger partial charge < -0.3 is 19.7 Å². The van der Waals surface area contributed by atoms with E-state index in [1.165, 1.54) is 0 Å². The van der Waals surface area contributed by atoms with Crippen LogP contribution in [-0.2, 0) is 16.0 Å². The van der Waals surface area contributed by atoms with Crippen molar-refractivity contribution < 1.29 is 19.4 Å². The van der Waals surface area contributed by atoms with Crippen LogP contribution in [0, 0.1) is 0 Å². The third kappa shape index (κ3) is 4.68. The molecule has 6 nitrogen and oxygen atoms in total. The van der Waals surface area contributed by atoms with E-state index in [-0.39, 0.29) is 11.3 Å². The molecule has 1 amide bonds. The van der Waals surface area contributed by atoms with Crippen molar-refractivity contribution in [2.75, 3.05) is 13.7 Å². The highest BCUT2D eigenvalue weighted by atomic mass is 35.5. The first-order valence-electron chi connectivity index (χ1n) is 12.6. The molecule has 0 spiro atoms. The van der Waals surface area contributed by atoms with Crippen molar-refractivity contribution >= 4 is 40.0 Å². The molecule has 1 saturated heterocycles. The molecule has 3 aromatic carbocycles. The van der Waals surface area contributed by atoms with E-state index in [9.17, 15) is 14.7 Å². The third-order valence-corrected chi connectivity index (χ3v) is 7.43. The Morgan fingerprint density at radius 1 is 1.05 bits per heavy atom. The number of likely N-dealkylation sites (tertiary alicyclic amines) is 1. The molecule has 1 atom stereocenters. The molecule has 194 valence electrons. The zero-order valence-electron chi connectivity index (χ0n) is 21.5.